The van der Waals surface area contributed by atoms with Gasteiger partial charge < -0.3 is 19.3 Å². The van der Waals surface area contributed by atoms with Gasteiger partial charge in [0.25, 0.3) is 0 Å². The van der Waals surface area contributed by atoms with Crippen LogP contribution in [-0.4, -0.2) is 37.8 Å². The molecule has 3 aromatic rings. The minimum atomic E-state index is -1.06. The molecule has 4 heteroatoms. The molecule has 0 aliphatic rings. The van der Waals surface area contributed by atoms with E-state index < -0.39 is 17.8 Å². The SMILES string of the molecule is C#CC#C[C@@H](O)[C@H](CCOC(c1ccccc1)(c1ccccc1)c1ccccc1)OCOC. The van der Waals surface area contributed by atoms with Crippen molar-refractivity contribution in [2.24, 2.45) is 0 Å². The summed E-state index contributed by atoms with van der Waals surface area (Å²) in [5.41, 5.74) is 2.17. The highest BCUT2D eigenvalue weighted by Gasteiger charge is 2.37. The van der Waals surface area contributed by atoms with Gasteiger partial charge in [-0.1, -0.05) is 96.9 Å². The van der Waals surface area contributed by atoms with E-state index in [-0.39, 0.29) is 6.79 Å². The van der Waals surface area contributed by atoms with Crippen LogP contribution in [0.4, 0.5) is 0 Å². The molecule has 1 N–H and O–H groups in total. The highest BCUT2D eigenvalue weighted by Crippen LogP contribution is 2.40. The molecule has 0 unspecified atom stereocenters. The van der Waals surface area contributed by atoms with Crippen molar-refractivity contribution in [3.63, 3.8) is 0 Å². The Labute approximate surface area is 196 Å². The van der Waals surface area contributed by atoms with Gasteiger partial charge in [0, 0.05) is 13.5 Å². The monoisotopic (exact) mass is 440 g/mol. The van der Waals surface area contributed by atoms with E-state index in [1.54, 1.807) is 0 Å². The molecule has 4 nitrogen and oxygen atoms in total. The van der Waals surface area contributed by atoms with Gasteiger partial charge in [0.1, 0.15) is 18.5 Å². The number of aliphatic hydroxyl groups excluding tert-OH is 1. The third-order valence-electron chi connectivity index (χ3n) is 5.31. The number of terminal acetylenes is 1. The summed E-state index contributed by atoms with van der Waals surface area (Å²) in [5, 5.41) is 10.4. The van der Waals surface area contributed by atoms with Gasteiger partial charge in [-0.15, -0.1) is 6.42 Å². The maximum atomic E-state index is 10.4. The van der Waals surface area contributed by atoms with Crippen LogP contribution in [-0.2, 0) is 19.8 Å². The van der Waals surface area contributed by atoms with E-state index in [4.69, 9.17) is 20.6 Å². The zero-order chi connectivity index (χ0) is 23.4. The molecule has 3 aromatic carbocycles. The normalized spacial score (nSPS) is 12.8. The quantitative estimate of drug-likeness (QED) is 0.273. The maximum Gasteiger partial charge on any atom is 0.146 e. The summed E-state index contributed by atoms with van der Waals surface area (Å²) < 4.78 is 17.4. The lowest BCUT2D eigenvalue weighted by Gasteiger charge is -2.36. The van der Waals surface area contributed by atoms with Gasteiger partial charge in [-0.3, -0.25) is 0 Å². The Hall–Kier alpha value is -3.38. The van der Waals surface area contributed by atoms with Gasteiger partial charge in [0.2, 0.25) is 0 Å². The Kier molecular flexibility index (Phi) is 9.27. The molecule has 0 saturated carbocycles. The van der Waals surface area contributed by atoms with Crippen molar-refractivity contribution in [1.29, 1.82) is 0 Å². The van der Waals surface area contributed by atoms with E-state index in [1.165, 1.54) is 7.11 Å². The van der Waals surface area contributed by atoms with Gasteiger partial charge in [0.05, 0.1) is 12.7 Å². The summed E-state index contributed by atoms with van der Waals surface area (Å²) in [5.74, 6) is 7.29. The van der Waals surface area contributed by atoms with Gasteiger partial charge in [-0.2, -0.15) is 0 Å². The van der Waals surface area contributed by atoms with E-state index in [1.807, 2.05) is 54.6 Å². The van der Waals surface area contributed by atoms with Crippen LogP contribution < -0.4 is 0 Å². The zero-order valence-electron chi connectivity index (χ0n) is 18.7. The summed E-state index contributed by atoms with van der Waals surface area (Å²) in [6.45, 7) is 0.322. The first-order chi connectivity index (χ1) is 16.2. The first-order valence-corrected chi connectivity index (χ1v) is 10.8. The number of hydrogen-bond acceptors (Lipinski definition) is 4. The largest absolute Gasteiger partial charge is 0.378 e. The molecule has 3 rings (SSSR count). The number of ether oxygens (including phenoxy) is 3. The van der Waals surface area contributed by atoms with E-state index in [0.29, 0.717) is 13.0 Å². The van der Waals surface area contributed by atoms with Crippen LogP contribution in [0.15, 0.2) is 91.0 Å². The van der Waals surface area contributed by atoms with Crippen molar-refractivity contribution in [3.05, 3.63) is 108 Å². The molecule has 0 aliphatic heterocycles. The third kappa shape index (κ3) is 6.11. The molecule has 0 aromatic heterocycles. The molecule has 33 heavy (non-hydrogen) atoms. The summed E-state index contributed by atoms with van der Waals surface area (Å²) in [6.07, 6.45) is 3.91. The van der Waals surface area contributed by atoms with Gasteiger partial charge in [-0.25, -0.2) is 0 Å². The number of rotatable bonds is 11. The molecular formula is C29H28O4. The van der Waals surface area contributed by atoms with Gasteiger partial charge in [0.15, 0.2) is 0 Å². The number of hydrogen-bond donors (Lipinski definition) is 1. The van der Waals surface area contributed by atoms with E-state index >= 15 is 0 Å². The van der Waals surface area contributed by atoms with Crippen molar-refractivity contribution in [3.8, 4) is 24.2 Å². The Bertz CT molecular complexity index is 966. The van der Waals surface area contributed by atoms with E-state index in [2.05, 4.69) is 54.2 Å². The summed E-state index contributed by atoms with van der Waals surface area (Å²) in [4.78, 5) is 0. The first-order valence-electron chi connectivity index (χ1n) is 10.8. The molecule has 0 saturated heterocycles. The second-order valence-electron chi connectivity index (χ2n) is 7.39. The molecule has 168 valence electrons. The van der Waals surface area contributed by atoms with Crippen LogP contribution in [0.1, 0.15) is 23.1 Å². The van der Waals surface area contributed by atoms with Crippen LogP contribution in [0, 0.1) is 24.2 Å². The molecule has 0 fully saturated rings. The minimum absolute atomic E-state index is 0.0284. The Morgan fingerprint density at radius 3 is 1.76 bits per heavy atom. The van der Waals surface area contributed by atoms with Crippen LogP contribution in [0.25, 0.3) is 0 Å². The Morgan fingerprint density at radius 2 is 1.33 bits per heavy atom. The molecule has 0 amide bonds. The highest BCUT2D eigenvalue weighted by molar-refractivity contribution is 5.47. The predicted molar refractivity (Wildman–Crippen MR) is 129 cm³/mol. The van der Waals surface area contributed by atoms with E-state index in [0.717, 1.165) is 16.7 Å². The van der Waals surface area contributed by atoms with Crippen molar-refractivity contribution >= 4 is 0 Å². The average Bonchev–Trinajstić information content (AvgIpc) is 2.88. The van der Waals surface area contributed by atoms with Gasteiger partial charge in [-0.05, 0) is 28.5 Å². The standard InChI is InChI=1S/C29H28O4/c1-3-4-20-27(30)28(32-23-31-2)21-22-33-29(24-14-8-5-9-15-24,25-16-10-6-11-17-25)26-18-12-7-13-19-26/h1,5-19,27-28,30H,21-23H2,2H3/t27-,28+/m1/s1. The summed E-state index contributed by atoms with van der Waals surface area (Å²) in [6, 6.07) is 30.3. The zero-order valence-corrected chi connectivity index (χ0v) is 18.7. The van der Waals surface area contributed by atoms with Crippen LogP contribution in [0.2, 0.25) is 0 Å². The molecule has 0 radical (unpaired) electrons. The molecule has 0 spiro atoms. The molecule has 0 aliphatic carbocycles. The molecule has 0 heterocycles. The Morgan fingerprint density at radius 1 is 0.848 bits per heavy atom. The third-order valence-corrected chi connectivity index (χ3v) is 5.31. The molecule has 0 bridgehead atoms. The molecular weight excluding hydrogens is 412 g/mol. The second-order valence-corrected chi connectivity index (χ2v) is 7.39. The first kappa shape index (κ1) is 24.3. The second kappa shape index (κ2) is 12.6. The topological polar surface area (TPSA) is 47.9 Å². The Balaban J connectivity index is 1.97. The van der Waals surface area contributed by atoms with Crippen molar-refractivity contribution in [1.82, 2.24) is 0 Å². The molecule has 2 atom stereocenters. The highest BCUT2D eigenvalue weighted by atomic mass is 16.7. The van der Waals surface area contributed by atoms with Crippen molar-refractivity contribution in [2.75, 3.05) is 20.5 Å². The number of methoxy groups -OCH3 is 1. The lowest BCUT2D eigenvalue weighted by molar-refractivity contribution is -0.113. The fourth-order valence-electron chi connectivity index (χ4n) is 3.79. The number of aliphatic hydroxyl groups is 1. The van der Waals surface area contributed by atoms with Gasteiger partial charge >= 0.3 is 0 Å². The summed E-state index contributed by atoms with van der Waals surface area (Å²) in [7, 11) is 1.53. The lowest BCUT2D eigenvalue weighted by Crippen LogP contribution is -2.36. The lowest BCUT2D eigenvalue weighted by atomic mass is 9.80. The predicted octanol–water partition coefficient (Wildman–Crippen LogP) is 4.37. The average molecular weight is 441 g/mol. The number of benzene rings is 3. The fraction of sp³-hybridized carbons (Fsp3) is 0.241. The van der Waals surface area contributed by atoms with Crippen LogP contribution in [0.5, 0.6) is 0 Å². The van der Waals surface area contributed by atoms with Crippen LogP contribution >= 0.6 is 0 Å². The van der Waals surface area contributed by atoms with E-state index in [9.17, 15) is 5.11 Å². The maximum absolute atomic E-state index is 10.4. The summed E-state index contributed by atoms with van der Waals surface area (Å²) >= 11 is 0. The smallest absolute Gasteiger partial charge is 0.146 e. The van der Waals surface area contributed by atoms with Crippen molar-refractivity contribution < 1.29 is 19.3 Å². The van der Waals surface area contributed by atoms with Crippen molar-refractivity contribution in [2.45, 2.75) is 24.2 Å². The minimum Gasteiger partial charge on any atom is -0.378 e. The fourth-order valence-corrected chi connectivity index (χ4v) is 3.79. The van der Waals surface area contributed by atoms with Crippen LogP contribution in [0.3, 0.4) is 0 Å².